The number of aromatic nitrogens is 2. The third-order valence-corrected chi connectivity index (χ3v) is 4.84. The van der Waals surface area contributed by atoms with Crippen molar-refractivity contribution in [3.63, 3.8) is 0 Å². The van der Waals surface area contributed by atoms with Crippen LogP contribution in [0.3, 0.4) is 0 Å². The Morgan fingerprint density at radius 2 is 1.73 bits per heavy atom. The molecule has 2 aromatic carbocycles. The van der Waals surface area contributed by atoms with Gasteiger partial charge in [0.1, 0.15) is 17.1 Å². The molecular formula is C25H29F3N4O. The maximum Gasteiger partial charge on any atom is 0.421 e. The van der Waals surface area contributed by atoms with Gasteiger partial charge in [0.15, 0.2) is 0 Å². The fraction of sp³-hybridized carbons (Fsp3) is 0.360. The molecule has 0 radical (unpaired) electrons. The minimum Gasteiger partial charge on any atom is -0.491 e. The van der Waals surface area contributed by atoms with E-state index in [1.54, 1.807) is 30.3 Å². The van der Waals surface area contributed by atoms with Gasteiger partial charge in [0.2, 0.25) is 5.95 Å². The highest BCUT2D eigenvalue weighted by Gasteiger charge is 2.35. The maximum atomic E-state index is 13.6. The van der Waals surface area contributed by atoms with E-state index in [9.17, 15) is 13.2 Å². The van der Waals surface area contributed by atoms with E-state index in [0.29, 0.717) is 17.1 Å². The van der Waals surface area contributed by atoms with Crippen LogP contribution in [0.25, 0.3) is 0 Å². The lowest BCUT2D eigenvalue weighted by atomic mass is 10.1. The Hall–Kier alpha value is -3.29. The first-order valence-electron chi connectivity index (χ1n) is 11.1. The van der Waals surface area contributed by atoms with E-state index in [1.807, 2.05) is 32.0 Å². The molecule has 0 aliphatic carbocycles. The Kier molecular flexibility index (Phi) is 8.14. The number of nitrogens with zero attached hydrogens (tertiary/aromatic N) is 2. The van der Waals surface area contributed by atoms with Crippen LogP contribution in [-0.2, 0) is 12.6 Å². The molecule has 0 saturated heterocycles. The highest BCUT2D eigenvalue weighted by Crippen LogP contribution is 2.35. The average Bonchev–Trinajstić information content (AvgIpc) is 2.75. The molecule has 1 aromatic heterocycles. The van der Waals surface area contributed by atoms with Crippen molar-refractivity contribution in [3.05, 3.63) is 65.9 Å². The Labute approximate surface area is 192 Å². The van der Waals surface area contributed by atoms with Crippen molar-refractivity contribution in [2.24, 2.45) is 0 Å². The lowest BCUT2D eigenvalue weighted by Crippen LogP contribution is -2.12. The van der Waals surface area contributed by atoms with Crippen molar-refractivity contribution in [1.29, 1.82) is 0 Å². The van der Waals surface area contributed by atoms with E-state index in [-0.39, 0.29) is 17.9 Å². The molecule has 3 aromatic rings. The zero-order chi connectivity index (χ0) is 23.8. The molecule has 0 atom stereocenters. The van der Waals surface area contributed by atoms with Gasteiger partial charge in [0.25, 0.3) is 0 Å². The van der Waals surface area contributed by atoms with Crippen molar-refractivity contribution in [2.75, 3.05) is 10.6 Å². The molecule has 2 N–H and O–H groups in total. The third kappa shape index (κ3) is 7.37. The van der Waals surface area contributed by atoms with Crippen molar-refractivity contribution in [3.8, 4) is 5.75 Å². The molecule has 8 heteroatoms. The molecule has 33 heavy (non-hydrogen) atoms. The normalized spacial score (nSPS) is 11.5. The second kappa shape index (κ2) is 11.0. The van der Waals surface area contributed by atoms with E-state index in [1.165, 1.54) is 0 Å². The second-order valence-electron chi connectivity index (χ2n) is 8.05. The van der Waals surface area contributed by atoms with Gasteiger partial charge >= 0.3 is 6.18 Å². The summed E-state index contributed by atoms with van der Waals surface area (Å²) >= 11 is 0. The largest absolute Gasteiger partial charge is 0.491 e. The zero-order valence-electron chi connectivity index (χ0n) is 19.0. The highest BCUT2D eigenvalue weighted by atomic mass is 19.4. The van der Waals surface area contributed by atoms with Gasteiger partial charge in [0.05, 0.1) is 6.10 Å². The van der Waals surface area contributed by atoms with Gasteiger partial charge in [-0.05, 0) is 68.7 Å². The average molecular weight is 459 g/mol. The number of unbranched alkanes of at least 4 members (excludes halogenated alkanes) is 2. The number of hydrogen-bond donors (Lipinski definition) is 2. The number of anilines is 4. The molecule has 0 spiro atoms. The maximum absolute atomic E-state index is 13.6. The number of aryl methyl sites for hydroxylation is 1. The number of hydrogen-bond acceptors (Lipinski definition) is 5. The van der Waals surface area contributed by atoms with Crippen LogP contribution >= 0.6 is 0 Å². The molecule has 0 bridgehead atoms. The van der Waals surface area contributed by atoms with Gasteiger partial charge in [-0.2, -0.15) is 18.2 Å². The monoisotopic (exact) mass is 458 g/mol. The van der Waals surface area contributed by atoms with Gasteiger partial charge in [-0.3, -0.25) is 0 Å². The van der Waals surface area contributed by atoms with Crippen LogP contribution in [0.4, 0.5) is 36.3 Å². The molecule has 0 saturated carbocycles. The first-order valence-corrected chi connectivity index (χ1v) is 11.1. The van der Waals surface area contributed by atoms with Crippen molar-refractivity contribution >= 4 is 23.1 Å². The molecule has 0 aliphatic rings. The number of rotatable bonds is 10. The Balaban J connectivity index is 1.81. The van der Waals surface area contributed by atoms with Crippen LogP contribution < -0.4 is 15.4 Å². The number of alkyl halides is 3. The molecule has 3 rings (SSSR count). The van der Waals surface area contributed by atoms with E-state index >= 15 is 0 Å². The van der Waals surface area contributed by atoms with E-state index in [0.717, 1.165) is 37.4 Å². The molecule has 176 valence electrons. The van der Waals surface area contributed by atoms with Crippen molar-refractivity contribution in [2.45, 2.75) is 58.7 Å². The van der Waals surface area contributed by atoms with Gasteiger partial charge in [0, 0.05) is 17.6 Å². The summed E-state index contributed by atoms with van der Waals surface area (Å²) in [7, 11) is 0. The van der Waals surface area contributed by atoms with Crippen LogP contribution in [0, 0.1) is 0 Å². The van der Waals surface area contributed by atoms with E-state index in [4.69, 9.17) is 4.74 Å². The lowest BCUT2D eigenvalue weighted by Gasteiger charge is -2.16. The van der Waals surface area contributed by atoms with Crippen LogP contribution in [-0.4, -0.2) is 16.1 Å². The van der Waals surface area contributed by atoms with Gasteiger partial charge in [-0.15, -0.1) is 0 Å². The van der Waals surface area contributed by atoms with E-state index in [2.05, 4.69) is 27.5 Å². The Morgan fingerprint density at radius 1 is 0.970 bits per heavy atom. The molecular weight excluding hydrogens is 429 g/mol. The SMILES string of the molecule is CCCCCc1cccc(Nc2nc(Nc3ccc(OC(C)C)cc3)ncc2C(F)(F)F)c1. The lowest BCUT2D eigenvalue weighted by molar-refractivity contribution is -0.137. The third-order valence-electron chi connectivity index (χ3n) is 4.84. The summed E-state index contributed by atoms with van der Waals surface area (Å²) in [6.07, 6.45) is 0.382. The minimum atomic E-state index is -4.59. The highest BCUT2D eigenvalue weighted by molar-refractivity contribution is 5.63. The minimum absolute atomic E-state index is 0.0424. The molecule has 0 amide bonds. The summed E-state index contributed by atoms with van der Waals surface area (Å²) in [6.45, 7) is 5.99. The summed E-state index contributed by atoms with van der Waals surface area (Å²) in [4.78, 5) is 7.99. The number of ether oxygens (including phenoxy) is 1. The number of halogens is 3. The van der Waals surface area contributed by atoms with Crippen LogP contribution in [0.1, 0.15) is 51.2 Å². The van der Waals surface area contributed by atoms with Crippen molar-refractivity contribution in [1.82, 2.24) is 9.97 Å². The first kappa shape index (κ1) is 24.4. The number of nitrogens with one attached hydrogen (secondary N) is 2. The predicted molar refractivity (Wildman–Crippen MR) is 125 cm³/mol. The van der Waals surface area contributed by atoms with E-state index < -0.39 is 11.7 Å². The zero-order valence-corrected chi connectivity index (χ0v) is 19.0. The number of benzene rings is 2. The van der Waals surface area contributed by atoms with Crippen molar-refractivity contribution < 1.29 is 17.9 Å². The molecule has 1 heterocycles. The van der Waals surface area contributed by atoms with Crippen LogP contribution in [0.5, 0.6) is 5.75 Å². The van der Waals surface area contributed by atoms with Gasteiger partial charge < -0.3 is 15.4 Å². The quantitative estimate of drug-likeness (QED) is 0.308. The summed E-state index contributed by atoms with van der Waals surface area (Å²) in [5.41, 5.74) is 1.33. The molecule has 5 nitrogen and oxygen atoms in total. The molecule has 0 aliphatic heterocycles. The summed E-state index contributed by atoms with van der Waals surface area (Å²) in [6, 6.07) is 14.5. The predicted octanol–water partition coefficient (Wildman–Crippen LogP) is 7.50. The smallest absolute Gasteiger partial charge is 0.421 e. The standard InChI is InChI=1S/C25H29F3N4O/c1-4-5-6-8-18-9-7-10-20(15-18)30-23-22(25(26,27)28)16-29-24(32-23)31-19-11-13-21(14-12-19)33-17(2)3/h7,9-17H,4-6,8H2,1-3H3,(H2,29,30,31,32). The van der Waals surface area contributed by atoms with Gasteiger partial charge in [-0.25, -0.2) is 4.98 Å². The van der Waals surface area contributed by atoms with Crippen LogP contribution in [0.2, 0.25) is 0 Å². The molecule has 0 fully saturated rings. The first-order chi connectivity index (χ1) is 15.7. The van der Waals surface area contributed by atoms with Crippen LogP contribution in [0.15, 0.2) is 54.7 Å². The summed E-state index contributed by atoms with van der Waals surface area (Å²) in [5, 5.41) is 5.79. The summed E-state index contributed by atoms with van der Waals surface area (Å²) in [5.74, 6) is 0.456. The second-order valence-corrected chi connectivity index (χ2v) is 8.05. The molecule has 0 unspecified atom stereocenters. The van der Waals surface area contributed by atoms with Gasteiger partial charge in [-0.1, -0.05) is 31.9 Å². The Morgan fingerprint density at radius 3 is 2.39 bits per heavy atom. The fourth-order valence-electron chi connectivity index (χ4n) is 3.28. The Bertz CT molecular complexity index is 1040. The summed E-state index contributed by atoms with van der Waals surface area (Å²) < 4.78 is 46.4. The topological polar surface area (TPSA) is 59.1 Å². The fourth-order valence-corrected chi connectivity index (χ4v) is 3.28.